The molecule has 1 amide bonds. The summed E-state index contributed by atoms with van der Waals surface area (Å²) >= 11 is 0. The Morgan fingerprint density at radius 1 is 0.600 bits per heavy atom. The van der Waals surface area contributed by atoms with Crippen molar-refractivity contribution >= 4 is 12.1 Å². The number of alkyl carbamates (subject to hydrolysis) is 1. The van der Waals surface area contributed by atoms with Crippen molar-refractivity contribution in [3.63, 3.8) is 0 Å². The standard InChI is InChI=1S/C25H49NO4/c1-4-6-7-8-9-10-11-12-13-14-15-16-17-18-19-20-22-29-24(27)23(3)26-25(28)30-21-5-2/h23H,4-22H2,1-3H3,(H,26,28)/t23-/m0/s1. The van der Waals surface area contributed by atoms with E-state index in [-0.39, 0.29) is 0 Å². The molecule has 0 aliphatic heterocycles. The van der Waals surface area contributed by atoms with Gasteiger partial charge in [-0.1, -0.05) is 110 Å². The fourth-order valence-corrected chi connectivity index (χ4v) is 3.42. The van der Waals surface area contributed by atoms with E-state index in [2.05, 4.69) is 12.2 Å². The van der Waals surface area contributed by atoms with E-state index in [1.807, 2.05) is 6.92 Å². The molecule has 5 heteroatoms. The minimum atomic E-state index is -0.671. The molecule has 0 radical (unpaired) electrons. The van der Waals surface area contributed by atoms with Crippen molar-refractivity contribution in [2.75, 3.05) is 13.2 Å². The zero-order valence-corrected chi connectivity index (χ0v) is 20.1. The van der Waals surface area contributed by atoms with Gasteiger partial charge in [-0.15, -0.1) is 0 Å². The summed E-state index contributed by atoms with van der Waals surface area (Å²) in [4.78, 5) is 23.2. The molecule has 0 aromatic heterocycles. The number of carbonyl (C=O) groups is 2. The molecule has 0 saturated carbocycles. The van der Waals surface area contributed by atoms with Crippen LogP contribution in [0.4, 0.5) is 4.79 Å². The fourth-order valence-electron chi connectivity index (χ4n) is 3.42. The number of hydrogen-bond donors (Lipinski definition) is 1. The van der Waals surface area contributed by atoms with Gasteiger partial charge in [-0.25, -0.2) is 9.59 Å². The Morgan fingerprint density at radius 2 is 1.03 bits per heavy atom. The van der Waals surface area contributed by atoms with Crippen LogP contribution in [0.25, 0.3) is 0 Å². The molecule has 1 atom stereocenters. The van der Waals surface area contributed by atoms with Gasteiger partial charge in [0.25, 0.3) is 0 Å². The molecule has 0 rings (SSSR count). The van der Waals surface area contributed by atoms with Crippen molar-refractivity contribution in [3.8, 4) is 0 Å². The Labute approximate surface area is 186 Å². The Morgan fingerprint density at radius 3 is 1.47 bits per heavy atom. The molecule has 0 spiro atoms. The molecule has 0 aromatic carbocycles. The predicted molar refractivity (Wildman–Crippen MR) is 125 cm³/mol. The summed E-state index contributed by atoms with van der Waals surface area (Å²) in [5.74, 6) is -0.399. The number of ether oxygens (including phenoxy) is 2. The van der Waals surface area contributed by atoms with Gasteiger partial charge in [-0.3, -0.25) is 0 Å². The van der Waals surface area contributed by atoms with Crippen molar-refractivity contribution in [3.05, 3.63) is 0 Å². The van der Waals surface area contributed by atoms with Crippen molar-refractivity contribution < 1.29 is 19.1 Å². The highest BCUT2D eigenvalue weighted by Gasteiger charge is 2.17. The van der Waals surface area contributed by atoms with Gasteiger partial charge in [-0.05, 0) is 19.8 Å². The zero-order valence-electron chi connectivity index (χ0n) is 20.1. The smallest absolute Gasteiger partial charge is 0.407 e. The highest BCUT2D eigenvalue weighted by molar-refractivity contribution is 5.80. The third kappa shape index (κ3) is 20.0. The number of hydrogen-bond acceptors (Lipinski definition) is 4. The average molecular weight is 428 g/mol. The molecule has 0 aliphatic rings. The van der Waals surface area contributed by atoms with Crippen LogP contribution in [0, 0.1) is 0 Å². The van der Waals surface area contributed by atoms with Crippen LogP contribution in [-0.4, -0.2) is 31.3 Å². The molecule has 30 heavy (non-hydrogen) atoms. The van der Waals surface area contributed by atoms with Crippen LogP contribution < -0.4 is 5.32 Å². The number of esters is 1. The number of unbranched alkanes of at least 4 members (excludes halogenated alkanes) is 15. The molecule has 0 bridgehead atoms. The van der Waals surface area contributed by atoms with E-state index in [0.29, 0.717) is 13.2 Å². The van der Waals surface area contributed by atoms with Gasteiger partial charge in [0.2, 0.25) is 0 Å². The van der Waals surface area contributed by atoms with Gasteiger partial charge in [0, 0.05) is 0 Å². The maximum absolute atomic E-state index is 11.8. The second-order valence-corrected chi connectivity index (χ2v) is 8.47. The van der Waals surface area contributed by atoms with Gasteiger partial charge in [0.05, 0.1) is 13.2 Å². The molecular formula is C25H49NO4. The van der Waals surface area contributed by atoms with E-state index in [1.165, 1.54) is 89.9 Å². The Bertz CT molecular complexity index is 401. The molecular weight excluding hydrogens is 378 g/mol. The van der Waals surface area contributed by atoms with Crippen LogP contribution in [0.1, 0.15) is 130 Å². The lowest BCUT2D eigenvalue weighted by molar-refractivity contribution is -0.145. The minimum Gasteiger partial charge on any atom is -0.464 e. The zero-order chi connectivity index (χ0) is 22.3. The minimum absolute atomic E-state index is 0.354. The quantitative estimate of drug-likeness (QED) is 0.154. The number of carbonyl (C=O) groups excluding carboxylic acids is 2. The van der Waals surface area contributed by atoms with Gasteiger partial charge in [0.1, 0.15) is 6.04 Å². The highest BCUT2D eigenvalue weighted by Crippen LogP contribution is 2.13. The number of rotatable bonds is 21. The third-order valence-electron chi connectivity index (χ3n) is 5.37. The summed E-state index contributed by atoms with van der Waals surface area (Å²) in [6.07, 6.45) is 21.3. The first-order valence-electron chi connectivity index (χ1n) is 12.7. The fraction of sp³-hybridized carbons (Fsp3) is 0.920. The lowest BCUT2D eigenvalue weighted by atomic mass is 10.0. The van der Waals surface area contributed by atoms with Crippen LogP contribution in [0.2, 0.25) is 0 Å². The van der Waals surface area contributed by atoms with Crippen LogP contribution in [0.5, 0.6) is 0 Å². The average Bonchev–Trinajstić information content (AvgIpc) is 2.74. The first kappa shape index (κ1) is 28.7. The molecule has 0 aromatic rings. The number of amides is 1. The summed E-state index contributed by atoms with van der Waals surface area (Å²) < 4.78 is 10.1. The Balaban J connectivity index is 3.30. The van der Waals surface area contributed by atoms with Crippen LogP contribution in [0.15, 0.2) is 0 Å². The van der Waals surface area contributed by atoms with E-state index in [4.69, 9.17) is 9.47 Å². The van der Waals surface area contributed by atoms with E-state index in [1.54, 1.807) is 6.92 Å². The van der Waals surface area contributed by atoms with Crippen LogP contribution in [-0.2, 0) is 14.3 Å². The first-order chi connectivity index (χ1) is 14.6. The van der Waals surface area contributed by atoms with E-state index < -0.39 is 18.1 Å². The summed E-state index contributed by atoms with van der Waals surface area (Å²) in [6, 6.07) is -0.671. The van der Waals surface area contributed by atoms with Gasteiger partial charge >= 0.3 is 12.1 Å². The maximum atomic E-state index is 11.8. The van der Waals surface area contributed by atoms with Gasteiger partial charge in [-0.2, -0.15) is 0 Å². The summed E-state index contributed by atoms with van der Waals surface area (Å²) in [5, 5.41) is 2.49. The van der Waals surface area contributed by atoms with Crippen molar-refractivity contribution in [2.45, 2.75) is 136 Å². The molecule has 0 aliphatic carbocycles. The Hall–Kier alpha value is -1.26. The van der Waals surface area contributed by atoms with Crippen LogP contribution in [0.3, 0.4) is 0 Å². The monoisotopic (exact) mass is 427 g/mol. The van der Waals surface area contributed by atoms with E-state index >= 15 is 0 Å². The lowest BCUT2D eigenvalue weighted by Gasteiger charge is -2.13. The normalized spacial score (nSPS) is 11.8. The maximum Gasteiger partial charge on any atom is 0.407 e. The van der Waals surface area contributed by atoms with E-state index in [0.717, 1.165) is 19.3 Å². The van der Waals surface area contributed by atoms with Crippen LogP contribution >= 0.6 is 0 Å². The van der Waals surface area contributed by atoms with Crippen molar-refractivity contribution in [1.29, 1.82) is 0 Å². The molecule has 178 valence electrons. The second-order valence-electron chi connectivity index (χ2n) is 8.47. The van der Waals surface area contributed by atoms with Crippen molar-refractivity contribution in [2.24, 2.45) is 0 Å². The highest BCUT2D eigenvalue weighted by atomic mass is 16.6. The van der Waals surface area contributed by atoms with Gasteiger partial charge in [0.15, 0.2) is 0 Å². The Kier molecular flexibility index (Phi) is 21.5. The SMILES string of the molecule is CCCCCCCCCCCCCCCCCCOC(=O)[C@H](C)NC(=O)OCCC. The third-order valence-corrected chi connectivity index (χ3v) is 5.37. The predicted octanol–water partition coefficient (Wildman–Crippen LogP) is 7.32. The first-order valence-corrected chi connectivity index (χ1v) is 12.7. The molecule has 0 fully saturated rings. The molecule has 0 heterocycles. The molecule has 0 saturated heterocycles. The largest absolute Gasteiger partial charge is 0.464 e. The summed E-state index contributed by atoms with van der Waals surface area (Å²) in [7, 11) is 0. The molecule has 1 N–H and O–H groups in total. The topological polar surface area (TPSA) is 64.6 Å². The van der Waals surface area contributed by atoms with Crippen molar-refractivity contribution in [1.82, 2.24) is 5.32 Å². The summed E-state index contributed by atoms with van der Waals surface area (Å²) in [6.45, 7) is 6.58. The molecule has 0 unspecified atom stereocenters. The number of nitrogens with one attached hydrogen (secondary N) is 1. The summed E-state index contributed by atoms with van der Waals surface area (Å²) in [5.41, 5.74) is 0. The van der Waals surface area contributed by atoms with Gasteiger partial charge < -0.3 is 14.8 Å². The second kappa shape index (κ2) is 22.4. The molecule has 5 nitrogen and oxygen atoms in total. The van der Waals surface area contributed by atoms with E-state index in [9.17, 15) is 9.59 Å². The lowest BCUT2D eigenvalue weighted by Crippen LogP contribution is -2.40.